The minimum absolute atomic E-state index is 0.227. The van der Waals surface area contributed by atoms with E-state index in [1.165, 1.54) is 0 Å². The first kappa shape index (κ1) is 16.1. The first-order chi connectivity index (χ1) is 10.3. The second kappa shape index (κ2) is 6.25. The molecule has 6 nitrogen and oxygen atoms in total. The smallest absolute Gasteiger partial charge is 0.364 e. The SMILES string of the molecule is COc1ccc(OCCn2c(C)nc(=O)n2C(C)(C)C)cc1. The summed E-state index contributed by atoms with van der Waals surface area (Å²) in [5.41, 5.74) is -0.548. The van der Waals surface area contributed by atoms with Crippen molar-refractivity contribution in [3.05, 3.63) is 40.6 Å². The Kier molecular flexibility index (Phi) is 4.59. The first-order valence-electron chi connectivity index (χ1n) is 7.26. The van der Waals surface area contributed by atoms with Crippen molar-refractivity contribution >= 4 is 0 Å². The van der Waals surface area contributed by atoms with Crippen molar-refractivity contribution in [2.75, 3.05) is 13.7 Å². The molecule has 0 N–H and O–H groups in total. The topological polar surface area (TPSA) is 58.3 Å². The first-order valence-corrected chi connectivity index (χ1v) is 7.26. The van der Waals surface area contributed by atoms with Gasteiger partial charge < -0.3 is 9.47 Å². The molecule has 0 saturated carbocycles. The van der Waals surface area contributed by atoms with E-state index in [0.717, 1.165) is 11.5 Å². The highest BCUT2D eigenvalue weighted by Gasteiger charge is 2.21. The molecule has 0 radical (unpaired) electrons. The monoisotopic (exact) mass is 305 g/mol. The molecule has 0 bridgehead atoms. The predicted octanol–water partition coefficient (Wildman–Crippen LogP) is 2.20. The molecule has 0 aliphatic rings. The van der Waals surface area contributed by atoms with Crippen LogP contribution in [0, 0.1) is 6.92 Å². The van der Waals surface area contributed by atoms with Gasteiger partial charge >= 0.3 is 5.69 Å². The predicted molar refractivity (Wildman–Crippen MR) is 84.7 cm³/mol. The van der Waals surface area contributed by atoms with Crippen molar-refractivity contribution < 1.29 is 9.47 Å². The molecule has 0 atom stereocenters. The Hall–Kier alpha value is -2.24. The molecule has 1 aromatic carbocycles. The Labute approximate surface area is 130 Å². The second-order valence-corrected chi connectivity index (χ2v) is 6.07. The van der Waals surface area contributed by atoms with Gasteiger partial charge in [-0.3, -0.25) is 4.68 Å². The maximum absolute atomic E-state index is 12.0. The van der Waals surface area contributed by atoms with Crippen LogP contribution in [0.5, 0.6) is 11.5 Å². The lowest BCUT2D eigenvalue weighted by Gasteiger charge is -2.24. The Morgan fingerprint density at radius 2 is 1.73 bits per heavy atom. The maximum Gasteiger partial charge on any atom is 0.364 e. The second-order valence-electron chi connectivity index (χ2n) is 6.07. The van der Waals surface area contributed by atoms with Crippen LogP contribution in [0.15, 0.2) is 29.1 Å². The van der Waals surface area contributed by atoms with Crippen LogP contribution in [0.4, 0.5) is 0 Å². The molecular weight excluding hydrogens is 282 g/mol. The quantitative estimate of drug-likeness (QED) is 0.849. The van der Waals surface area contributed by atoms with Crippen LogP contribution < -0.4 is 15.2 Å². The number of rotatable bonds is 5. The minimum atomic E-state index is -0.321. The summed E-state index contributed by atoms with van der Waals surface area (Å²) in [7, 11) is 1.63. The van der Waals surface area contributed by atoms with Crippen LogP contribution in [-0.2, 0) is 12.1 Å². The van der Waals surface area contributed by atoms with Gasteiger partial charge in [-0.05, 0) is 52.0 Å². The van der Waals surface area contributed by atoms with E-state index in [2.05, 4.69) is 4.98 Å². The summed E-state index contributed by atoms with van der Waals surface area (Å²) in [6, 6.07) is 7.42. The highest BCUT2D eigenvalue weighted by molar-refractivity contribution is 5.31. The van der Waals surface area contributed by atoms with E-state index < -0.39 is 0 Å². The summed E-state index contributed by atoms with van der Waals surface area (Å²) in [5.74, 6) is 2.25. The summed E-state index contributed by atoms with van der Waals surface area (Å²) in [6.45, 7) is 8.80. The van der Waals surface area contributed by atoms with Gasteiger partial charge in [0.1, 0.15) is 23.9 Å². The Morgan fingerprint density at radius 3 is 2.27 bits per heavy atom. The van der Waals surface area contributed by atoms with Gasteiger partial charge in [-0.15, -0.1) is 0 Å². The summed E-state index contributed by atoms with van der Waals surface area (Å²) in [5, 5.41) is 0. The number of aromatic nitrogens is 3. The van der Waals surface area contributed by atoms with Crippen LogP contribution in [0.1, 0.15) is 26.6 Å². The van der Waals surface area contributed by atoms with E-state index in [1.54, 1.807) is 11.8 Å². The van der Waals surface area contributed by atoms with Crippen LogP contribution in [-0.4, -0.2) is 28.1 Å². The van der Waals surface area contributed by atoms with Crippen LogP contribution in [0.2, 0.25) is 0 Å². The Bertz CT molecular complexity index is 678. The lowest BCUT2D eigenvalue weighted by Crippen LogP contribution is -2.38. The lowest BCUT2D eigenvalue weighted by atomic mass is 10.1. The number of benzene rings is 1. The van der Waals surface area contributed by atoms with E-state index in [0.29, 0.717) is 19.0 Å². The molecule has 0 fully saturated rings. The minimum Gasteiger partial charge on any atom is -0.497 e. The third-order valence-corrected chi connectivity index (χ3v) is 3.32. The fourth-order valence-corrected chi connectivity index (χ4v) is 2.32. The molecule has 0 amide bonds. The highest BCUT2D eigenvalue weighted by atomic mass is 16.5. The van der Waals surface area contributed by atoms with Gasteiger partial charge in [-0.25, -0.2) is 9.48 Å². The van der Waals surface area contributed by atoms with Crippen LogP contribution in [0.3, 0.4) is 0 Å². The van der Waals surface area contributed by atoms with E-state index in [4.69, 9.17) is 9.47 Å². The molecule has 2 aromatic rings. The van der Waals surface area contributed by atoms with Crippen molar-refractivity contribution in [2.24, 2.45) is 0 Å². The van der Waals surface area contributed by atoms with Crippen molar-refractivity contribution in [1.82, 2.24) is 14.3 Å². The van der Waals surface area contributed by atoms with Crippen molar-refractivity contribution in [3.63, 3.8) is 0 Å². The fraction of sp³-hybridized carbons (Fsp3) is 0.500. The molecular formula is C16H23N3O3. The third kappa shape index (κ3) is 3.50. The largest absolute Gasteiger partial charge is 0.497 e. The number of methoxy groups -OCH3 is 1. The van der Waals surface area contributed by atoms with Gasteiger partial charge in [0.15, 0.2) is 0 Å². The van der Waals surface area contributed by atoms with Gasteiger partial charge in [0, 0.05) is 0 Å². The van der Waals surface area contributed by atoms with Gasteiger partial charge in [-0.1, -0.05) is 0 Å². The molecule has 0 saturated heterocycles. The van der Waals surface area contributed by atoms with Crippen molar-refractivity contribution in [1.29, 1.82) is 0 Å². The molecule has 0 unspecified atom stereocenters. The standard InChI is InChI=1S/C16H23N3O3/c1-12-17-15(20)19(16(2,3)4)18(12)10-11-22-14-8-6-13(21-5)7-9-14/h6-9H,10-11H2,1-5H3. The summed E-state index contributed by atoms with van der Waals surface area (Å²) >= 11 is 0. The van der Waals surface area contributed by atoms with E-state index in [9.17, 15) is 4.79 Å². The summed E-state index contributed by atoms with van der Waals surface area (Å²) in [4.78, 5) is 16.0. The Morgan fingerprint density at radius 1 is 1.14 bits per heavy atom. The number of ether oxygens (including phenoxy) is 2. The average Bonchev–Trinajstić information content (AvgIpc) is 2.74. The van der Waals surface area contributed by atoms with Gasteiger partial charge in [0.2, 0.25) is 0 Å². The zero-order chi connectivity index (χ0) is 16.3. The summed E-state index contributed by atoms with van der Waals surface area (Å²) in [6.07, 6.45) is 0. The van der Waals surface area contributed by atoms with E-state index in [1.807, 2.05) is 56.6 Å². The maximum atomic E-state index is 12.0. The van der Waals surface area contributed by atoms with Gasteiger partial charge in [-0.2, -0.15) is 4.98 Å². The van der Waals surface area contributed by atoms with E-state index in [-0.39, 0.29) is 11.2 Å². The molecule has 0 aliphatic carbocycles. The van der Waals surface area contributed by atoms with Crippen molar-refractivity contribution in [3.8, 4) is 11.5 Å². The van der Waals surface area contributed by atoms with Gasteiger partial charge in [0.05, 0.1) is 19.2 Å². The van der Waals surface area contributed by atoms with Gasteiger partial charge in [0.25, 0.3) is 0 Å². The molecule has 6 heteroatoms. The zero-order valence-corrected chi connectivity index (χ0v) is 13.8. The van der Waals surface area contributed by atoms with Crippen molar-refractivity contribution in [2.45, 2.75) is 39.8 Å². The zero-order valence-electron chi connectivity index (χ0n) is 13.8. The molecule has 2 rings (SSSR count). The number of aryl methyl sites for hydroxylation is 1. The molecule has 22 heavy (non-hydrogen) atoms. The number of hydrogen-bond donors (Lipinski definition) is 0. The molecule has 120 valence electrons. The van der Waals surface area contributed by atoms with E-state index >= 15 is 0 Å². The molecule has 1 heterocycles. The number of nitrogens with zero attached hydrogens (tertiary/aromatic N) is 3. The molecule has 0 aliphatic heterocycles. The lowest BCUT2D eigenvalue weighted by molar-refractivity contribution is 0.234. The summed E-state index contributed by atoms with van der Waals surface area (Å²) < 4.78 is 14.4. The fourth-order valence-electron chi connectivity index (χ4n) is 2.32. The molecule has 0 spiro atoms. The normalized spacial score (nSPS) is 11.5. The highest BCUT2D eigenvalue weighted by Crippen LogP contribution is 2.17. The number of hydrogen-bond acceptors (Lipinski definition) is 4. The third-order valence-electron chi connectivity index (χ3n) is 3.32. The Balaban J connectivity index is 2.07. The average molecular weight is 305 g/mol. The van der Waals surface area contributed by atoms with Crippen LogP contribution >= 0.6 is 0 Å². The van der Waals surface area contributed by atoms with Crippen LogP contribution in [0.25, 0.3) is 0 Å². The molecule has 1 aromatic heterocycles.